The summed E-state index contributed by atoms with van der Waals surface area (Å²) in [7, 11) is -3.57. The van der Waals surface area contributed by atoms with Gasteiger partial charge in [-0.15, -0.1) is 0 Å². The van der Waals surface area contributed by atoms with Crippen LogP contribution in [-0.2, 0) is 14.8 Å². The molecule has 0 N–H and O–H groups in total. The summed E-state index contributed by atoms with van der Waals surface area (Å²) in [6.45, 7) is 2.14. The van der Waals surface area contributed by atoms with Crippen molar-refractivity contribution in [3.05, 3.63) is 66.2 Å². The van der Waals surface area contributed by atoms with Crippen LogP contribution in [0.3, 0.4) is 0 Å². The molecular weight excluding hydrogens is 372 g/mol. The lowest BCUT2D eigenvalue weighted by molar-refractivity contribution is -0.107. The number of carbonyl (C=O) groups excluding carboxylic acids is 1. The number of anilines is 1. The van der Waals surface area contributed by atoms with Crippen LogP contribution in [0.4, 0.5) is 5.69 Å². The molecule has 0 radical (unpaired) electrons. The second kappa shape index (κ2) is 8.03. The van der Waals surface area contributed by atoms with E-state index in [1.807, 2.05) is 30.3 Å². The van der Waals surface area contributed by atoms with E-state index < -0.39 is 15.3 Å². The van der Waals surface area contributed by atoms with Crippen LogP contribution in [-0.4, -0.2) is 44.1 Å². The third-order valence-corrected chi connectivity index (χ3v) is 6.28. The third-order valence-electron chi connectivity index (χ3n) is 4.26. The Morgan fingerprint density at radius 2 is 1.65 bits per heavy atom. The number of carbonyl (C=O) groups is 1. The molecule has 2 aromatic rings. The summed E-state index contributed by atoms with van der Waals surface area (Å²) in [5, 5.41) is -0.602. The van der Waals surface area contributed by atoms with Crippen molar-refractivity contribution in [3.63, 3.8) is 0 Å². The number of halogens is 1. The van der Waals surface area contributed by atoms with Gasteiger partial charge in [-0.3, -0.25) is 4.79 Å². The Labute approximate surface area is 158 Å². The molecular formula is C19H19ClN2O3S. The van der Waals surface area contributed by atoms with Gasteiger partial charge in [-0.25, -0.2) is 8.42 Å². The van der Waals surface area contributed by atoms with Gasteiger partial charge in [0.05, 0.1) is 4.90 Å². The van der Waals surface area contributed by atoms with Crippen molar-refractivity contribution < 1.29 is 13.2 Å². The minimum absolute atomic E-state index is 0.217. The van der Waals surface area contributed by atoms with E-state index in [1.54, 1.807) is 24.3 Å². The highest BCUT2D eigenvalue weighted by Gasteiger charge is 2.28. The molecule has 26 heavy (non-hydrogen) atoms. The molecule has 1 saturated heterocycles. The van der Waals surface area contributed by atoms with Crippen LogP contribution in [0.1, 0.15) is 5.56 Å². The number of benzene rings is 2. The van der Waals surface area contributed by atoms with E-state index in [1.165, 1.54) is 16.5 Å². The van der Waals surface area contributed by atoms with Crippen LogP contribution in [0.15, 0.2) is 65.6 Å². The average Bonchev–Trinajstić information content (AvgIpc) is 2.67. The molecule has 2 aromatic carbocycles. The van der Waals surface area contributed by atoms with E-state index in [0.29, 0.717) is 31.7 Å². The van der Waals surface area contributed by atoms with Crippen LogP contribution in [0.5, 0.6) is 0 Å². The average molecular weight is 391 g/mol. The van der Waals surface area contributed by atoms with Crippen molar-refractivity contribution in [1.82, 2.24) is 4.31 Å². The minimum atomic E-state index is -3.57. The molecule has 0 bridgehead atoms. The maximum absolute atomic E-state index is 12.9. The van der Waals surface area contributed by atoms with E-state index in [0.717, 1.165) is 5.69 Å². The highest BCUT2D eigenvalue weighted by atomic mass is 35.5. The molecule has 136 valence electrons. The Morgan fingerprint density at radius 3 is 2.31 bits per heavy atom. The van der Waals surface area contributed by atoms with E-state index in [-0.39, 0.29) is 4.90 Å². The summed E-state index contributed by atoms with van der Waals surface area (Å²) in [5.41, 5.74) is 1.71. The largest absolute Gasteiger partial charge is 0.369 e. The summed E-state index contributed by atoms with van der Waals surface area (Å²) < 4.78 is 27.3. The van der Waals surface area contributed by atoms with Gasteiger partial charge in [0.2, 0.25) is 15.3 Å². The predicted molar refractivity (Wildman–Crippen MR) is 104 cm³/mol. The molecule has 0 spiro atoms. The van der Waals surface area contributed by atoms with Crippen molar-refractivity contribution in [3.8, 4) is 0 Å². The Hall–Kier alpha value is -2.15. The maximum Gasteiger partial charge on any atom is 0.245 e. The third kappa shape index (κ3) is 4.33. The van der Waals surface area contributed by atoms with Crippen molar-refractivity contribution in [2.45, 2.75) is 4.90 Å². The Balaban J connectivity index is 1.73. The Bertz CT molecular complexity index is 905. The normalized spacial score (nSPS) is 16.1. The van der Waals surface area contributed by atoms with Crippen LogP contribution in [0, 0.1) is 0 Å². The van der Waals surface area contributed by atoms with Gasteiger partial charge in [-0.05, 0) is 47.5 Å². The fourth-order valence-electron chi connectivity index (χ4n) is 2.91. The van der Waals surface area contributed by atoms with Crippen molar-refractivity contribution in [1.29, 1.82) is 0 Å². The van der Waals surface area contributed by atoms with E-state index in [9.17, 15) is 13.2 Å². The van der Waals surface area contributed by atoms with Crippen LogP contribution >= 0.6 is 11.6 Å². The number of rotatable bonds is 5. The molecule has 0 saturated carbocycles. The van der Waals surface area contributed by atoms with Crippen molar-refractivity contribution in [2.24, 2.45) is 0 Å². The fourth-order valence-corrected chi connectivity index (χ4v) is 4.46. The van der Waals surface area contributed by atoms with E-state index in [4.69, 9.17) is 11.6 Å². The first-order valence-corrected chi connectivity index (χ1v) is 10.1. The molecule has 5 nitrogen and oxygen atoms in total. The molecule has 0 aromatic heterocycles. The smallest absolute Gasteiger partial charge is 0.245 e. The fraction of sp³-hybridized carbons (Fsp3) is 0.211. The first kappa shape index (κ1) is 18.6. The lowest BCUT2D eigenvalue weighted by Crippen LogP contribution is -2.48. The molecule has 1 aliphatic rings. The summed E-state index contributed by atoms with van der Waals surface area (Å²) in [5.74, 6) is 0. The maximum atomic E-state index is 12.9. The molecule has 0 amide bonds. The molecule has 3 rings (SSSR count). The monoisotopic (exact) mass is 390 g/mol. The first-order chi connectivity index (χ1) is 12.5. The van der Waals surface area contributed by atoms with Crippen LogP contribution in [0.2, 0.25) is 0 Å². The highest BCUT2D eigenvalue weighted by molar-refractivity contribution is 7.89. The first-order valence-electron chi connectivity index (χ1n) is 8.24. The molecule has 1 aliphatic heterocycles. The topological polar surface area (TPSA) is 57.7 Å². The van der Waals surface area contributed by atoms with Crippen molar-refractivity contribution in [2.75, 3.05) is 31.1 Å². The summed E-state index contributed by atoms with van der Waals surface area (Å²) >= 11 is 5.29. The quantitative estimate of drug-likeness (QED) is 0.581. The number of allylic oxidation sites excluding steroid dienone is 1. The molecule has 1 fully saturated rings. The highest BCUT2D eigenvalue weighted by Crippen LogP contribution is 2.22. The number of nitrogens with zero attached hydrogens (tertiary/aromatic N) is 2. The van der Waals surface area contributed by atoms with Gasteiger partial charge in [0.1, 0.15) is 0 Å². The summed E-state index contributed by atoms with van der Waals surface area (Å²) in [6, 6.07) is 16.5. The number of hydrogen-bond donors (Lipinski definition) is 0. The number of sulfonamides is 1. The van der Waals surface area contributed by atoms with Gasteiger partial charge < -0.3 is 4.90 Å². The SMILES string of the molecule is O=C(Cl)C=Cc1cccc(S(=O)(=O)N2CCN(c3ccccc3)CC2)c1. The van der Waals surface area contributed by atoms with Crippen molar-refractivity contribution >= 4 is 38.6 Å². The summed E-state index contributed by atoms with van der Waals surface area (Å²) in [6.07, 6.45) is 2.70. The molecule has 7 heteroatoms. The zero-order valence-corrected chi connectivity index (χ0v) is 15.7. The number of para-hydroxylation sites is 1. The van der Waals surface area contributed by atoms with Gasteiger partial charge in [0.15, 0.2) is 0 Å². The minimum Gasteiger partial charge on any atom is -0.369 e. The number of piperazine rings is 1. The van der Waals surface area contributed by atoms with Gasteiger partial charge >= 0.3 is 0 Å². The molecule has 0 atom stereocenters. The zero-order valence-electron chi connectivity index (χ0n) is 14.1. The van der Waals surface area contributed by atoms with Gasteiger partial charge in [0, 0.05) is 31.9 Å². The second-order valence-electron chi connectivity index (χ2n) is 5.94. The van der Waals surface area contributed by atoms with Gasteiger partial charge in [0.25, 0.3) is 0 Å². The second-order valence-corrected chi connectivity index (χ2v) is 8.25. The summed E-state index contributed by atoms with van der Waals surface area (Å²) in [4.78, 5) is 13.2. The van der Waals surface area contributed by atoms with Gasteiger partial charge in [-0.2, -0.15) is 4.31 Å². The lowest BCUT2D eigenvalue weighted by Gasteiger charge is -2.35. The molecule has 0 unspecified atom stereocenters. The standard InChI is InChI=1S/C19H19ClN2O3S/c20-19(23)10-9-16-5-4-8-18(15-16)26(24,25)22-13-11-21(12-14-22)17-6-2-1-3-7-17/h1-10,15H,11-14H2. The number of hydrogen-bond acceptors (Lipinski definition) is 4. The molecule has 0 aliphatic carbocycles. The molecule has 1 heterocycles. The van der Waals surface area contributed by atoms with Crippen LogP contribution < -0.4 is 4.90 Å². The lowest BCUT2D eigenvalue weighted by atomic mass is 10.2. The van der Waals surface area contributed by atoms with Crippen LogP contribution in [0.25, 0.3) is 6.08 Å². The predicted octanol–water partition coefficient (Wildman–Crippen LogP) is 2.98. The van der Waals surface area contributed by atoms with E-state index in [2.05, 4.69) is 4.90 Å². The Morgan fingerprint density at radius 1 is 0.962 bits per heavy atom. The van der Waals surface area contributed by atoms with E-state index >= 15 is 0 Å². The zero-order chi connectivity index (χ0) is 18.6. The Kier molecular flexibility index (Phi) is 5.76. The van der Waals surface area contributed by atoms with Gasteiger partial charge in [-0.1, -0.05) is 36.4 Å².